The normalized spacial score (nSPS) is 23.5. The Hall–Kier alpha value is -0.580. The number of aliphatic hydroxyl groups excluding tert-OH is 1. The number of hydrogen-bond acceptors (Lipinski definition) is 2. The topological polar surface area (TPSA) is 40.5 Å². The van der Waals surface area contributed by atoms with Crippen LogP contribution in [0.5, 0.6) is 0 Å². The smallest absolute Gasteiger partial charge is 0.255 e. The molecule has 0 bridgehead atoms. The van der Waals surface area contributed by atoms with Gasteiger partial charge in [0.2, 0.25) is 0 Å². The Bertz CT molecular complexity index is 481. The highest BCUT2D eigenvalue weighted by Gasteiger charge is 2.30. The highest BCUT2D eigenvalue weighted by Crippen LogP contribution is 2.29. The van der Waals surface area contributed by atoms with E-state index in [1.807, 2.05) is 17.9 Å². The van der Waals surface area contributed by atoms with Crippen LogP contribution in [0.2, 0.25) is 5.02 Å². The molecule has 5 heteroatoms. The van der Waals surface area contributed by atoms with Crippen molar-refractivity contribution in [2.24, 2.45) is 5.92 Å². The van der Waals surface area contributed by atoms with Gasteiger partial charge in [0.1, 0.15) is 0 Å². The van der Waals surface area contributed by atoms with Gasteiger partial charge in [0, 0.05) is 23.7 Å². The molecule has 104 valence electrons. The molecule has 1 N–H and O–H groups in total. The van der Waals surface area contributed by atoms with Crippen LogP contribution in [0.25, 0.3) is 0 Å². The van der Waals surface area contributed by atoms with Crippen molar-refractivity contribution in [2.75, 3.05) is 13.2 Å². The number of hydrogen-bond donors (Lipinski definition) is 1. The zero-order valence-electron chi connectivity index (χ0n) is 10.8. The molecule has 1 amide bonds. The molecule has 1 aliphatic heterocycles. The summed E-state index contributed by atoms with van der Waals surface area (Å²) in [6.45, 7) is 2.76. The zero-order valence-corrected chi connectivity index (χ0v) is 13.1. The lowest BCUT2D eigenvalue weighted by atomic mass is 9.93. The highest BCUT2D eigenvalue weighted by atomic mass is 79.9. The minimum Gasteiger partial charge on any atom is -0.396 e. The minimum atomic E-state index is -0.0584. The van der Waals surface area contributed by atoms with Crippen molar-refractivity contribution >= 4 is 33.4 Å². The number of aliphatic hydroxyl groups is 1. The van der Waals surface area contributed by atoms with E-state index in [0.29, 0.717) is 17.1 Å². The van der Waals surface area contributed by atoms with Gasteiger partial charge in [0.15, 0.2) is 0 Å². The van der Waals surface area contributed by atoms with Crippen molar-refractivity contribution in [3.8, 4) is 0 Å². The molecule has 19 heavy (non-hydrogen) atoms. The van der Waals surface area contributed by atoms with E-state index in [1.54, 1.807) is 12.1 Å². The number of carbonyl (C=O) groups is 1. The van der Waals surface area contributed by atoms with Gasteiger partial charge in [-0.3, -0.25) is 4.79 Å². The first-order valence-electron chi connectivity index (χ1n) is 6.40. The van der Waals surface area contributed by atoms with E-state index in [1.165, 1.54) is 0 Å². The minimum absolute atomic E-state index is 0.0584. The molecule has 1 saturated heterocycles. The fourth-order valence-electron chi connectivity index (χ4n) is 2.44. The van der Waals surface area contributed by atoms with E-state index in [4.69, 9.17) is 11.6 Å². The third-order valence-electron chi connectivity index (χ3n) is 3.68. The monoisotopic (exact) mass is 345 g/mol. The maximum atomic E-state index is 12.6. The largest absolute Gasteiger partial charge is 0.396 e. The predicted molar refractivity (Wildman–Crippen MR) is 79.5 cm³/mol. The summed E-state index contributed by atoms with van der Waals surface area (Å²) in [4.78, 5) is 14.4. The summed E-state index contributed by atoms with van der Waals surface area (Å²) in [5, 5.41) is 9.72. The second-order valence-corrected chi connectivity index (χ2v) is 6.27. The van der Waals surface area contributed by atoms with E-state index in [9.17, 15) is 9.90 Å². The summed E-state index contributed by atoms with van der Waals surface area (Å²) in [6.07, 6.45) is 1.89. The number of rotatable bonds is 2. The first-order valence-corrected chi connectivity index (χ1v) is 7.57. The maximum absolute atomic E-state index is 12.6. The summed E-state index contributed by atoms with van der Waals surface area (Å²) >= 11 is 9.52. The van der Waals surface area contributed by atoms with Crippen molar-refractivity contribution in [3.05, 3.63) is 33.3 Å². The second-order valence-electron chi connectivity index (χ2n) is 5.03. The Morgan fingerprint density at radius 3 is 2.95 bits per heavy atom. The van der Waals surface area contributed by atoms with Crippen LogP contribution in [-0.2, 0) is 0 Å². The summed E-state index contributed by atoms with van der Waals surface area (Å²) in [7, 11) is 0. The summed E-state index contributed by atoms with van der Waals surface area (Å²) in [5.41, 5.74) is 0.515. The quantitative estimate of drug-likeness (QED) is 0.892. The first kappa shape index (κ1) is 14.8. The molecule has 0 aromatic heterocycles. The predicted octanol–water partition coefficient (Wildman–Crippen LogP) is 3.34. The van der Waals surface area contributed by atoms with Crippen LogP contribution in [0.15, 0.2) is 22.7 Å². The van der Waals surface area contributed by atoms with Gasteiger partial charge in [-0.1, -0.05) is 17.7 Å². The number of nitrogens with zero attached hydrogens (tertiary/aromatic N) is 1. The molecule has 2 rings (SSSR count). The van der Waals surface area contributed by atoms with Gasteiger partial charge in [0.25, 0.3) is 5.91 Å². The number of carbonyl (C=O) groups excluding carboxylic acids is 1. The molecule has 1 fully saturated rings. The Morgan fingerprint density at radius 2 is 2.26 bits per heavy atom. The molecule has 1 aromatic rings. The number of likely N-dealkylation sites (tertiary alicyclic amines) is 1. The van der Waals surface area contributed by atoms with E-state index in [2.05, 4.69) is 15.9 Å². The average molecular weight is 347 g/mol. The van der Waals surface area contributed by atoms with Crippen molar-refractivity contribution in [1.82, 2.24) is 4.90 Å². The van der Waals surface area contributed by atoms with Crippen LogP contribution >= 0.6 is 27.5 Å². The third kappa shape index (κ3) is 3.12. The first-order chi connectivity index (χ1) is 9.04. The molecule has 0 spiro atoms. The fraction of sp³-hybridized carbons (Fsp3) is 0.500. The highest BCUT2D eigenvalue weighted by molar-refractivity contribution is 9.10. The van der Waals surface area contributed by atoms with Gasteiger partial charge in [-0.2, -0.15) is 0 Å². The van der Waals surface area contributed by atoms with Crippen LogP contribution in [0, 0.1) is 5.92 Å². The Morgan fingerprint density at radius 1 is 1.53 bits per heavy atom. The van der Waals surface area contributed by atoms with Crippen molar-refractivity contribution in [3.63, 3.8) is 0 Å². The van der Waals surface area contributed by atoms with Gasteiger partial charge in [0.05, 0.1) is 10.6 Å². The van der Waals surface area contributed by atoms with Gasteiger partial charge >= 0.3 is 0 Å². The van der Waals surface area contributed by atoms with Gasteiger partial charge in [-0.15, -0.1) is 0 Å². The van der Waals surface area contributed by atoms with Crippen LogP contribution in [0.4, 0.5) is 0 Å². The second kappa shape index (κ2) is 6.25. The maximum Gasteiger partial charge on any atom is 0.255 e. The SMILES string of the molecule is CC1CCC(CO)CN1C(=O)c1cccc(Br)c1Cl. The van der Waals surface area contributed by atoms with E-state index < -0.39 is 0 Å². The molecule has 1 heterocycles. The number of benzene rings is 1. The van der Waals surface area contributed by atoms with Crippen molar-refractivity contribution in [2.45, 2.75) is 25.8 Å². The van der Waals surface area contributed by atoms with Crippen molar-refractivity contribution < 1.29 is 9.90 Å². The molecule has 3 nitrogen and oxygen atoms in total. The van der Waals surface area contributed by atoms with Crippen LogP contribution in [0.3, 0.4) is 0 Å². The molecule has 1 aliphatic rings. The van der Waals surface area contributed by atoms with E-state index in [-0.39, 0.29) is 24.5 Å². The standard InChI is InChI=1S/C14H17BrClNO2/c1-9-5-6-10(8-18)7-17(9)14(19)11-3-2-4-12(15)13(11)16/h2-4,9-10,18H,5-8H2,1H3. The van der Waals surface area contributed by atoms with E-state index in [0.717, 1.165) is 17.3 Å². The number of piperidine rings is 1. The third-order valence-corrected chi connectivity index (χ3v) is 4.98. The zero-order chi connectivity index (χ0) is 14.0. The lowest BCUT2D eigenvalue weighted by Crippen LogP contribution is -2.46. The van der Waals surface area contributed by atoms with Gasteiger partial charge in [-0.05, 0) is 53.7 Å². The lowest BCUT2D eigenvalue weighted by Gasteiger charge is -2.37. The Labute approximate surface area is 126 Å². The van der Waals surface area contributed by atoms with Gasteiger partial charge in [-0.25, -0.2) is 0 Å². The number of amides is 1. The van der Waals surface area contributed by atoms with E-state index >= 15 is 0 Å². The molecule has 0 radical (unpaired) electrons. The Kier molecular flexibility index (Phi) is 4.87. The Balaban J connectivity index is 2.24. The molecule has 0 aliphatic carbocycles. The van der Waals surface area contributed by atoms with Crippen LogP contribution < -0.4 is 0 Å². The molecule has 2 atom stereocenters. The number of halogens is 2. The summed E-state index contributed by atoms with van der Waals surface area (Å²) in [6, 6.07) is 5.55. The molecular formula is C14H17BrClNO2. The van der Waals surface area contributed by atoms with Crippen LogP contribution in [0.1, 0.15) is 30.1 Å². The van der Waals surface area contributed by atoms with Crippen molar-refractivity contribution in [1.29, 1.82) is 0 Å². The molecule has 2 unspecified atom stereocenters. The summed E-state index contributed by atoms with van der Waals surface area (Å²) in [5.74, 6) is 0.114. The summed E-state index contributed by atoms with van der Waals surface area (Å²) < 4.78 is 0.725. The van der Waals surface area contributed by atoms with Crippen LogP contribution in [-0.4, -0.2) is 35.1 Å². The average Bonchev–Trinajstić information content (AvgIpc) is 2.42. The molecule has 1 aromatic carbocycles. The molecular weight excluding hydrogens is 330 g/mol. The lowest BCUT2D eigenvalue weighted by molar-refractivity contribution is 0.0489. The molecule has 0 saturated carbocycles. The fourth-order valence-corrected chi connectivity index (χ4v) is 3.01. The van der Waals surface area contributed by atoms with Gasteiger partial charge < -0.3 is 10.0 Å².